The van der Waals surface area contributed by atoms with Crippen LogP contribution in [-0.4, -0.2) is 22.2 Å². The second kappa shape index (κ2) is 4.82. The van der Waals surface area contributed by atoms with Crippen molar-refractivity contribution in [2.24, 2.45) is 5.73 Å². The molecule has 96 valence electrons. The molecule has 3 N–H and O–H groups in total. The van der Waals surface area contributed by atoms with E-state index in [0.29, 0.717) is 12.1 Å². The van der Waals surface area contributed by atoms with Crippen molar-refractivity contribution in [2.75, 3.05) is 6.54 Å². The number of hydrogen-bond acceptors (Lipinski definition) is 2. The fourth-order valence-electron chi connectivity index (χ4n) is 2.30. The van der Waals surface area contributed by atoms with Gasteiger partial charge in [-0.3, -0.25) is 0 Å². The number of carboxylic acids is 1. The lowest BCUT2D eigenvalue weighted by atomic mass is 10.0. The Kier molecular flexibility index (Phi) is 3.39. The summed E-state index contributed by atoms with van der Waals surface area (Å²) in [5.74, 6) is -0.872. The molecule has 4 heteroatoms. The lowest BCUT2D eigenvalue weighted by Gasteiger charge is -2.06. The van der Waals surface area contributed by atoms with Crippen LogP contribution in [0.3, 0.4) is 0 Å². The number of fused-ring (bicyclic) bond motifs is 1. The van der Waals surface area contributed by atoms with Gasteiger partial charge in [-0.15, -0.1) is 0 Å². The molecule has 0 saturated carbocycles. The standard InChI is InChI=1S/C14H18N2O2/c1-9-6-13-11(7-12(9)14(17)18)10(2)8-16(13)5-3-4-15/h6-8H,3-5,15H2,1-2H3,(H,17,18). The minimum absolute atomic E-state index is 0.377. The molecule has 0 bridgehead atoms. The molecule has 0 unspecified atom stereocenters. The summed E-state index contributed by atoms with van der Waals surface area (Å²) in [6.07, 6.45) is 2.98. The number of nitrogens with zero attached hydrogens (tertiary/aromatic N) is 1. The normalized spacial score (nSPS) is 11.1. The molecule has 0 aliphatic carbocycles. The Balaban J connectivity index is 2.59. The highest BCUT2D eigenvalue weighted by molar-refractivity contribution is 5.96. The maximum Gasteiger partial charge on any atom is 0.335 e. The summed E-state index contributed by atoms with van der Waals surface area (Å²) in [6, 6.07) is 3.71. The third-order valence-electron chi connectivity index (χ3n) is 3.26. The Morgan fingerprint density at radius 2 is 2.06 bits per heavy atom. The minimum atomic E-state index is -0.872. The van der Waals surface area contributed by atoms with Gasteiger partial charge < -0.3 is 15.4 Å². The van der Waals surface area contributed by atoms with Crippen molar-refractivity contribution in [1.82, 2.24) is 4.57 Å². The van der Waals surface area contributed by atoms with Crippen LogP contribution in [0.1, 0.15) is 27.9 Å². The quantitative estimate of drug-likeness (QED) is 0.869. The van der Waals surface area contributed by atoms with E-state index in [9.17, 15) is 4.79 Å². The van der Waals surface area contributed by atoms with Crippen molar-refractivity contribution in [1.29, 1.82) is 0 Å². The SMILES string of the molecule is Cc1cc2c(cc1C(=O)O)c(C)cn2CCCN. The number of aryl methyl sites for hydroxylation is 3. The summed E-state index contributed by atoms with van der Waals surface area (Å²) in [5.41, 5.74) is 8.89. The van der Waals surface area contributed by atoms with Crippen LogP contribution < -0.4 is 5.73 Å². The molecule has 0 aliphatic heterocycles. The van der Waals surface area contributed by atoms with Crippen molar-refractivity contribution in [3.8, 4) is 0 Å². The smallest absolute Gasteiger partial charge is 0.335 e. The predicted octanol–water partition coefficient (Wildman–Crippen LogP) is 2.31. The van der Waals surface area contributed by atoms with Gasteiger partial charge in [0.1, 0.15) is 0 Å². The first kappa shape index (κ1) is 12.6. The molecule has 0 fully saturated rings. The van der Waals surface area contributed by atoms with Gasteiger partial charge >= 0.3 is 5.97 Å². The zero-order valence-corrected chi connectivity index (χ0v) is 10.7. The molecule has 2 aromatic rings. The maximum absolute atomic E-state index is 11.1. The van der Waals surface area contributed by atoms with Crippen molar-refractivity contribution < 1.29 is 9.90 Å². The minimum Gasteiger partial charge on any atom is -0.478 e. The van der Waals surface area contributed by atoms with E-state index in [4.69, 9.17) is 10.8 Å². The van der Waals surface area contributed by atoms with Crippen LogP contribution >= 0.6 is 0 Å². The van der Waals surface area contributed by atoms with E-state index in [-0.39, 0.29) is 0 Å². The van der Waals surface area contributed by atoms with Gasteiger partial charge in [0.25, 0.3) is 0 Å². The van der Waals surface area contributed by atoms with E-state index in [1.807, 2.05) is 19.9 Å². The second-order valence-corrected chi connectivity index (χ2v) is 4.64. The zero-order valence-electron chi connectivity index (χ0n) is 10.7. The van der Waals surface area contributed by atoms with Crippen molar-refractivity contribution in [3.63, 3.8) is 0 Å². The van der Waals surface area contributed by atoms with E-state index in [2.05, 4.69) is 10.8 Å². The summed E-state index contributed by atoms with van der Waals surface area (Å²) < 4.78 is 2.15. The Hall–Kier alpha value is -1.81. The van der Waals surface area contributed by atoms with Crippen LogP contribution in [0.5, 0.6) is 0 Å². The number of nitrogens with two attached hydrogens (primary N) is 1. The lowest BCUT2D eigenvalue weighted by Crippen LogP contribution is -2.05. The highest BCUT2D eigenvalue weighted by Crippen LogP contribution is 2.25. The van der Waals surface area contributed by atoms with Crippen LogP contribution in [0, 0.1) is 13.8 Å². The van der Waals surface area contributed by atoms with Gasteiger partial charge in [0.15, 0.2) is 0 Å². The van der Waals surface area contributed by atoms with Crippen LogP contribution in [0.4, 0.5) is 0 Å². The molecule has 4 nitrogen and oxygen atoms in total. The summed E-state index contributed by atoms with van der Waals surface area (Å²) in [5, 5.41) is 10.2. The van der Waals surface area contributed by atoms with E-state index >= 15 is 0 Å². The molecular formula is C14H18N2O2. The van der Waals surface area contributed by atoms with Gasteiger partial charge in [0.2, 0.25) is 0 Å². The average molecular weight is 246 g/mol. The number of hydrogen-bond donors (Lipinski definition) is 2. The van der Waals surface area contributed by atoms with Crippen molar-refractivity contribution in [3.05, 3.63) is 35.0 Å². The van der Waals surface area contributed by atoms with E-state index in [1.165, 1.54) is 0 Å². The molecule has 0 radical (unpaired) electrons. The fourth-order valence-corrected chi connectivity index (χ4v) is 2.30. The molecule has 1 heterocycles. The van der Waals surface area contributed by atoms with Gasteiger partial charge in [0, 0.05) is 23.6 Å². The number of aromatic carboxylic acids is 1. The monoisotopic (exact) mass is 246 g/mol. The topological polar surface area (TPSA) is 68.2 Å². The third-order valence-corrected chi connectivity index (χ3v) is 3.26. The fraction of sp³-hybridized carbons (Fsp3) is 0.357. The second-order valence-electron chi connectivity index (χ2n) is 4.64. The van der Waals surface area contributed by atoms with Crippen molar-refractivity contribution in [2.45, 2.75) is 26.8 Å². The lowest BCUT2D eigenvalue weighted by molar-refractivity contribution is 0.0696. The average Bonchev–Trinajstić information content (AvgIpc) is 2.62. The Morgan fingerprint density at radius 1 is 1.33 bits per heavy atom. The first-order valence-corrected chi connectivity index (χ1v) is 6.08. The molecule has 1 aromatic heterocycles. The van der Waals surface area contributed by atoms with Crippen LogP contribution in [0.25, 0.3) is 10.9 Å². The first-order chi connectivity index (χ1) is 8.54. The number of carbonyl (C=O) groups is 1. The number of rotatable bonds is 4. The Morgan fingerprint density at radius 3 is 2.67 bits per heavy atom. The summed E-state index contributed by atoms with van der Waals surface area (Å²) >= 11 is 0. The van der Waals surface area contributed by atoms with Gasteiger partial charge in [-0.2, -0.15) is 0 Å². The van der Waals surface area contributed by atoms with Crippen molar-refractivity contribution >= 4 is 16.9 Å². The summed E-state index contributed by atoms with van der Waals surface area (Å²) in [4.78, 5) is 11.1. The third kappa shape index (κ3) is 2.11. The maximum atomic E-state index is 11.1. The van der Waals surface area contributed by atoms with E-state index < -0.39 is 5.97 Å². The number of benzene rings is 1. The molecule has 0 amide bonds. The van der Waals surface area contributed by atoms with Gasteiger partial charge in [-0.25, -0.2) is 4.79 Å². The largest absolute Gasteiger partial charge is 0.478 e. The van der Waals surface area contributed by atoms with Gasteiger partial charge in [-0.05, 0) is 50.1 Å². The number of aromatic nitrogens is 1. The first-order valence-electron chi connectivity index (χ1n) is 6.08. The molecule has 0 aliphatic rings. The van der Waals surface area contributed by atoms with Crippen LogP contribution in [0.15, 0.2) is 18.3 Å². The highest BCUT2D eigenvalue weighted by Gasteiger charge is 2.12. The van der Waals surface area contributed by atoms with Crippen LogP contribution in [-0.2, 0) is 6.54 Å². The molecular weight excluding hydrogens is 228 g/mol. The van der Waals surface area contributed by atoms with Gasteiger partial charge in [0.05, 0.1) is 5.56 Å². The predicted molar refractivity (Wildman–Crippen MR) is 72.0 cm³/mol. The molecule has 0 atom stereocenters. The van der Waals surface area contributed by atoms with E-state index in [0.717, 1.165) is 35.0 Å². The highest BCUT2D eigenvalue weighted by atomic mass is 16.4. The van der Waals surface area contributed by atoms with Gasteiger partial charge in [-0.1, -0.05) is 0 Å². The van der Waals surface area contributed by atoms with E-state index in [1.54, 1.807) is 6.07 Å². The molecule has 1 aromatic carbocycles. The molecule has 2 rings (SSSR count). The van der Waals surface area contributed by atoms with Crippen LogP contribution in [0.2, 0.25) is 0 Å². The molecule has 0 saturated heterocycles. The molecule has 0 spiro atoms. The number of carboxylic acid groups (broad SMARTS) is 1. The summed E-state index contributed by atoms with van der Waals surface area (Å²) in [7, 11) is 0. The molecule has 18 heavy (non-hydrogen) atoms. The zero-order chi connectivity index (χ0) is 13.3. The summed E-state index contributed by atoms with van der Waals surface area (Å²) in [6.45, 7) is 5.36. The Labute approximate surface area is 106 Å². The Bertz CT molecular complexity index is 599.